The highest BCUT2D eigenvalue weighted by molar-refractivity contribution is 4.85. The number of hydrogen-bond donors (Lipinski definition) is 0. The van der Waals surface area contributed by atoms with E-state index in [-0.39, 0.29) is 0 Å². The predicted molar refractivity (Wildman–Crippen MR) is 22.5 cm³/mol. The van der Waals surface area contributed by atoms with Crippen molar-refractivity contribution in [2.75, 3.05) is 0 Å². The lowest BCUT2D eigenvalue weighted by molar-refractivity contribution is 1.25. The van der Waals surface area contributed by atoms with Gasteiger partial charge in [0, 0.05) is 5.70 Å². The van der Waals surface area contributed by atoms with Crippen molar-refractivity contribution in [3.05, 3.63) is 11.8 Å². The van der Waals surface area contributed by atoms with Crippen LogP contribution in [-0.4, -0.2) is 0 Å². The Hall–Kier alpha value is -0.460. The van der Waals surface area contributed by atoms with Crippen LogP contribution in [0, 0.1) is 0 Å². The van der Waals surface area contributed by atoms with Gasteiger partial charge in [0.2, 0.25) is 0 Å². The lowest BCUT2D eigenvalue weighted by Gasteiger charge is -1.73. The molecule has 0 aliphatic heterocycles. The van der Waals surface area contributed by atoms with Crippen molar-refractivity contribution in [3.63, 3.8) is 0 Å². The minimum Gasteiger partial charge on any atom is -0.306 e. The van der Waals surface area contributed by atoms with Crippen molar-refractivity contribution >= 4 is 0 Å². The molecule has 0 saturated heterocycles. The van der Waals surface area contributed by atoms with Crippen LogP contribution in [0.25, 0.3) is 0 Å². The normalized spacial score (nSPS) is 12.0. The van der Waals surface area contributed by atoms with E-state index in [0.717, 1.165) is 0 Å². The van der Waals surface area contributed by atoms with Crippen LogP contribution in [0.1, 0.15) is 13.8 Å². The predicted octanol–water partition coefficient (Wildman–Crippen LogP) is 1.19. The van der Waals surface area contributed by atoms with E-state index in [4.69, 9.17) is 5.73 Å². The third-order valence-electron chi connectivity index (χ3n) is 0.433. The molecule has 1 nitrogen and oxygen atoms in total. The maximum atomic E-state index is 6.69. The highest BCUT2D eigenvalue weighted by atomic mass is 14.5. The minimum atomic E-state index is 0.630. The molecule has 0 aromatic rings. The van der Waals surface area contributed by atoms with Gasteiger partial charge in [-0.2, -0.15) is 0 Å². The zero-order chi connectivity index (χ0) is 4.28. The van der Waals surface area contributed by atoms with Crippen LogP contribution in [0.3, 0.4) is 0 Å². The zero-order valence-electron chi connectivity index (χ0n) is 3.58. The Labute approximate surface area is 32.5 Å². The molecule has 0 fully saturated rings. The number of nitrogens with one attached hydrogen (secondary N) is 1. The number of allylic oxidation sites excluding steroid dienone is 2. The highest BCUT2D eigenvalue weighted by Gasteiger charge is 1.62. The number of rotatable bonds is 0. The summed E-state index contributed by atoms with van der Waals surface area (Å²) in [6, 6.07) is 0. The van der Waals surface area contributed by atoms with E-state index < -0.39 is 0 Å². The van der Waals surface area contributed by atoms with E-state index in [1.807, 2.05) is 6.92 Å². The van der Waals surface area contributed by atoms with Gasteiger partial charge in [0.05, 0.1) is 0 Å². The Morgan fingerprint density at radius 2 is 2.00 bits per heavy atom. The molecular formula is C4H8N. The fourth-order valence-corrected chi connectivity index (χ4v) is 0. The van der Waals surface area contributed by atoms with Crippen LogP contribution in [0.4, 0.5) is 0 Å². The first-order valence-electron chi connectivity index (χ1n) is 1.62. The molecule has 5 heavy (non-hydrogen) atoms. The summed E-state index contributed by atoms with van der Waals surface area (Å²) in [5.41, 5.74) is 7.32. The second-order valence-corrected chi connectivity index (χ2v) is 0.972. The highest BCUT2D eigenvalue weighted by Crippen LogP contribution is 1.75. The molecule has 29 valence electrons. The van der Waals surface area contributed by atoms with E-state index in [9.17, 15) is 0 Å². The minimum absolute atomic E-state index is 0.630. The lowest BCUT2D eigenvalue weighted by atomic mass is 10.5. The van der Waals surface area contributed by atoms with Crippen molar-refractivity contribution in [3.8, 4) is 0 Å². The fourth-order valence-electron chi connectivity index (χ4n) is 0. The van der Waals surface area contributed by atoms with Crippen LogP contribution in [-0.2, 0) is 0 Å². The summed E-state index contributed by atoms with van der Waals surface area (Å²) in [7, 11) is 0. The summed E-state index contributed by atoms with van der Waals surface area (Å²) in [6.07, 6.45) is 1.75. The average Bonchev–Trinajstić information content (AvgIpc) is 1.38. The monoisotopic (exact) mass is 70.1 g/mol. The first-order chi connectivity index (χ1) is 2.27. The van der Waals surface area contributed by atoms with E-state index >= 15 is 0 Å². The third-order valence-corrected chi connectivity index (χ3v) is 0.433. The van der Waals surface area contributed by atoms with Crippen molar-refractivity contribution in [2.24, 2.45) is 0 Å². The molecule has 1 heteroatoms. The molecule has 0 aromatic carbocycles. The van der Waals surface area contributed by atoms with Gasteiger partial charge in [-0.15, -0.1) is 0 Å². The van der Waals surface area contributed by atoms with E-state index in [1.54, 1.807) is 13.0 Å². The van der Waals surface area contributed by atoms with Crippen molar-refractivity contribution < 1.29 is 0 Å². The van der Waals surface area contributed by atoms with Crippen LogP contribution in [0.2, 0.25) is 0 Å². The summed E-state index contributed by atoms with van der Waals surface area (Å²) < 4.78 is 0. The smallest absolute Gasteiger partial charge is 0.0240 e. The van der Waals surface area contributed by atoms with E-state index in [1.165, 1.54) is 0 Å². The molecule has 0 unspecified atom stereocenters. The Morgan fingerprint density at radius 3 is 2.00 bits per heavy atom. The maximum Gasteiger partial charge on any atom is 0.0240 e. The third kappa shape index (κ3) is 3.54. The standard InChI is InChI=1S/C4H8N/c1-3-4(2)5/h3,5H,1-2H3. The molecular weight excluding hydrogens is 62.1 g/mol. The molecule has 0 saturated carbocycles. The molecule has 0 heterocycles. The van der Waals surface area contributed by atoms with Crippen LogP contribution in [0.5, 0.6) is 0 Å². The second-order valence-electron chi connectivity index (χ2n) is 0.972. The Morgan fingerprint density at radius 1 is 1.80 bits per heavy atom. The SMILES string of the molecule is CC=C(C)[NH]. The molecule has 1 N–H and O–H groups in total. The summed E-state index contributed by atoms with van der Waals surface area (Å²) in [5.74, 6) is 0. The number of hydrogen-bond acceptors (Lipinski definition) is 0. The summed E-state index contributed by atoms with van der Waals surface area (Å²) in [6.45, 7) is 3.60. The molecule has 0 bridgehead atoms. The van der Waals surface area contributed by atoms with Gasteiger partial charge in [-0.3, -0.25) is 0 Å². The van der Waals surface area contributed by atoms with E-state index in [0.29, 0.717) is 5.70 Å². The van der Waals surface area contributed by atoms with Gasteiger partial charge in [-0.25, -0.2) is 0 Å². The topological polar surface area (TPSA) is 23.8 Å². The zero-order valence-corrected chi connectivity index (χ0v) is 3.58. The van der Waals surface area contributed by atoms with Crippen molar-refractivity contribution in [1.82, 2.24) is 5.73 Å². The molecule has 0 aliphatic rings. The average molecular weight is 70.1 g/mol. The first-order valence-corrected chi connectivity index (χ1v) is 1.62. The maximum absolute atomic E-state index is 6.69. The largest absolute Gasteiger partial charge is 0.306 e. The quantitative estimate of drug-likeness (QED) is 0.409. The summed E-state index contributed by atoms with van der Waals surface area (Å²) in [4.78, 5) is 0. The Kier molecular flexibility index (Phi) is 1.65. The molecule has 0 amide bonds. The van der Waals surface area contributed by atoms with Crippen LogP contribution in [0.15, 0.2) is 11.8 Å². The summed E-state index contributed by atoms with van der Waals surface area (Å²) in [5, 5.41) is 0. The Balaban J connectivity index is 3.14. The molecule has 1 radical (unpaired) electrons. The second kappa shape index (κ2) is 1.82. The van der Waals surface area contributed by atoms with Gasteiger partial charge in [0.15, 0.2) is 0 Å². The van der Waals surface area contributed by atoms with Gasteiger partial charge in [-0.05, 0) is 13.8 Å². The van der Waals surface area contributed by atoms with Crippen molar-refractivity contribution in [1.29, 1.82) is 0 Å². The van der Waals surface area contributed by atoms with Crippen molar-refractivity contribution in [2.45, 2.75) is 13.8 Å². The summed E-state index contributed by atoms with van der Waals surface area (Å²) >= 11 is 0. The molecule has 0 rings (SSSR count). The molecule has 0 atom stereocenters. The molecule has 0 spiro atoms. The lowest BCUT2D eigenvalue weighted by Crippen LogP contribution is -1.65. The van der Waals surface area contributed by atoms with Gasteiger partial charge < -0.3 is 5.73 Å². The van der Waals surface area contributed by atoms with Crippen LogP contribution >= 0.6 is 0 Å². The molecule has 0 aromatic heterocycles. The van der Waals surface area contributed by atoms with Gasteiger partial charge in [-0.1, -0.05) is 6.08 Å². The first kappa shape index (κ1) is 4.54. The molecule has 0 aliphatic carbocycles. The fraction of sp³-hybridized carbons (Fsp3) is 0.500. The Bertz CT molecular complexity index is 41.6. The van der Waals surface area contributed by atoms with Crippen LogP contribution < -0.4 is 5.73 Å². The van der Waals surface area contributed by atoms with Gasteiger partial charge in [0.1, 0.15) is 0 Å². The van der Waals surface area contributed by atoms with Gasteiger partial charge in [0.25, 0.3) is 0 Å². The van der Waals surface area contributed by atoms with E-state index in [2.05, 4.69) is 0 Å². The van der Waals surface area contributed by atoms with Gasteiger partial charge >= 0.3 is 0 Å².